The minimum atomic E-state index is -4.18. The van der Waals surface area contributed by atoms with Crippen molar-refractivity contribution in [1.82, 2.24) is 10.2 Å². The summed E-state index contributed by atoms with van der Waals surface area (Å²) in [5.74, 6) is -0.841. The number of sulfonamides is 1. The van der Waals surface area contributed by atoms with Gasteiger partial charge in [0.1, 0.15) is 12.6 Å². The maximum Gasteiger partial charge on any atom is 0.264 e. The van der Waals surface area contributed by atoms with Crippen LogP contribution in [0.5, 0.6) is 0 Å². The highest BCUT2D eigenvalue weighted by Gasteiger charge is 2.34. The van der Waals surface area contributed by atoms with E-state index in [1.54, 1.807) is 36.4 Å². The Morgan fingerprint density at radius 1 is 0.878 bits per heavy atom. The third-order valence-corrected chi connectivity index (χ3v) is 8.90. The summed E-state index contributed by atoms with van der Waals surface area (Å²) in [6, 6.07) is 17.2. The Morgan fingerprint density at radius 3 is 1.95 bits per heavy atom. The van der Waals surface area contributed by atoms with Crippen LogP contribution >= 0.6 is 23.2 Å². The average molecular weight is 619 g/mol. The van der Waals surface area contributed by atoms with Gasteiger partial charge in [0.2, 0.25) is 11.8 Å². The summed E-state index contributed by atoms with van der Waals surface area (Å²) in [7, 11) is -4.18. The molecule has 1 unspecified atom stereocenters. The standard InChI is InChI=1S/C31H37Cl2N3O4S/c1-7-28(30(38)34-31(4,5)6)35(19-23-9-11-24(32)12-10-23)29(37)20-36(26-15-8-21(2)22(3)18-26)41(39,40)27-16-13-25(33)14-17-27/h8-18,28H,7,19-20H2,1-6H3,(H,34,38). The van der Waals surface area contributed by atoms with E-state index in [2.05, 4.69) is 5.32 Å². The first-order valence-electron chi connectivity index (χ1n) is 13.3. The number of halogens is 2. The second kappa shape index (κ2) is 13.3. The lowest BCUT2D eigenvalue weighted by Gasteiger charge is -2.35. The molecule has 0 aromatic heterocycles. The van der Waals surface area contributed by atoms with Gasteiger partial charge in [0, 0.05) is 22.1 Å². The third-order valence-electron chi connectivity index (χ3n) is 6.61. The number of nitrogens with one attached hydrogen (secondary N) is 1. The first-order valence-corrected chi connectivity index (χ1v) is 15.5. The highest BCUT2D eigenvalue weighted by atomic mass is 35.5. The van der Waals surface area contributed by atoms with Crippen LogP contribution in [0.4, 0.5) is 5.69 Å². The zero-order valence-electron chi connectivity index (χ0n) is 24.2. The van der Waals surface area contributed by atoms with E-state index in [9.17, 15) is 18.0 Å². The van der Waals surface area contributed by atoms with Crippen LogP contribution in [-0.4, -0.2) is 43.3 Å². The molecular formula is C31H37Cl2N3O4S. The molecule has 2 amide bonds. The quantitative estimate of drug-likeness (QED) is 0.280. The van der Waals surface area contributed by atoms with Crippen molar-refractivity contribution in [2.75, 3.05) is 10.8 Å². The largest absolute Gasteiger partial charge is 0.350 e. The minimum Gasteiger partial charge on any atom is -0.350 e. The van der Waals surface area contributed by atoms with Crippen LogP contribution in [0, 0.1) is 13.8 Å². The molecule has 0 fully saturated rings. The number of carbonyl (C=O) groups excluding carboxylic acids is 2. The molecule has 3 aromatic carbocycles. The normalized spacial score (nSPS) is 12.5. The van der Waals surface area contributed by atoms with Gasteiger partial charge in [-0.1, -0.05) is 48.3 Å². The lowest BCUT2D eigenvalue weighted by molar-refractivity contribution is -0.141. The molecule has 0 heterocycles. The van der Waals surface area contributed by atoms with E-state index < -0.39 is 34.1 Å². The van der Waals surface area contributed by atoms with Crippen LogP contribution in [0.3, 0.4) is 0 Å². The lowest BCUT2D eigenvalue weighted by Crippen LogP contribution is -2.55. The third kappa shape index (κ3) is 8.47. The first kappa shape index (κ1) is 32.4. The number of nitrogens with zero attached hydrogens (tertiary/aromatic N) is 2. The van der Waals surface area contributed by atoms with Gasteiger partial charge in [-0.15, -0.1) is 0 Å². The molecule has 3 aromatic rings. The topological polar surface area (TPSA) is 86.8 Å². The van der Waals surface area contributed by atoms with Crippen LogP contribution in [0.25, 0.3) is 0 Å². The smallest absolute Gasteiger partial charge is 0.264 e. The van der Waals surface area contributed by atoms with E-state index in [1.165, 1.54) is 29.2 Å². The molecule has 41 heavy (non-hydrogen) atoms. The van der Waals surface area contributed by atoms with Crippen molar-refractivity contribution in [3.8, 4) is 0 Å². The van der Waals surface area contributed by atoms with E-state index >= 15 is 0 Å². The molecule has 3 rings (SSSR count). The van der Waals surface area contributed by atoms with Gasteiger partial charge in [0.15, 0.2) is 0 Å². The molecule has 220 valence electrons. The van der Waals surface area contributed by atoms with Gasteiger partial charge in [-0.3, -0.25) is 13.9 Å². The average Bonchev–Trinajstić information content (AvgIpc) is 2.89. The van der Waals surface area contributed by atoms with E-state index in [1.807, 2.05) is 47.6 Å². The molecule has 0 bridgehead atoms. The monoisotopic (exact) mass is 617 g/mol. The number of anilines is 1. The summed E-state index contributed by atoms with van der Waals surface area (Å²) in [4.78, 5) is 29.0. The van der Waals surface area contributed by atoms with Crippen molar-refractivity contribution < 1.29 is 18.0 Å². The molecule has 0 saturated heterocycles. The highest BCUT2D eigenvalue weighted by molar-refractivity contribution is 7.92. The lowest BCUT2D eigenvalue weighted by atomic mass is 10.1. The Labute approximate surface area is 253 Å². The van der Waals surface area contributed by atoms with E-state index in [0.717, 1.165) is 21.0 Å². The Balaban J connectivity index is 2.09. The van der Waals surface area contributed by atoms with Gasteiger partial charge in [-0.25, -0.2) is 8.42 Å². The van der Waals surface area contributed by atoms with Crippen molar-refractivity contribution in [3.63, 3.8) is 0 Å². The zero-order valence-corrected chi connectivity index (χ0v) is 26.6. The second-order valence-corrected chi connectivity index (χ2v) is 13.8. The Kier molecular flexibility index (Phi) is 10.5. The number of benzene rings is 3. The predicted molar refractivity (Wildman–Crippen MR) is 166 cm³/mol. The summed E-state index contributed by atoms with van der Waals surface area (Å²) in [5, 5.41) is 3.89. The summed E-state index contributed by atoms with van der Waals surface area (Å²) in [5.41, 5.74) is 2.43. The van der Waals surface area contributed by atoms with Gasteiger partial charge in [-0.2, -0.15) is 0 Å². The minimum absolute atomic E-state index is 0.00491. The molecule has 1 N–H and O–H groups in total. The van der Waals surface area contributed by atoms with Gasteiger partial charge in [-0.05, 0) is 106 Å². The fourth-order valence-corrected chi connectivity index (χ4v) is 5.96. The first-order chi connectivity index (χ1) is 19.1. The van der Waals surface area contributed by atoms with Crippen LogP contribution in [-0.2, 0) is 26.2 Å². The molecule has 7 nitrogen and oxygen atoms in total. The van der Waals surface area contributed by atoms with Crippen molar-refractivity contribution in [2.45, 2.75) is 71.0 Å². The summed E-state index contributed by atoms with van der Waals surface area (Å²) >= 11 is 12.1. The van der Waals surface area contributed by atoms with Crippen LogP contribution in [0.1, 0.15) is 50.8 Å². The molecule has 10 heteroatoms. The SMILES string of the molecule is CCC(C(=O)NC(C)(C)C)N(Cc1ccc(Cl)cc1)C(=O)CN(c1ccc(C)c(C)c1)S(=O)(=O)c1ccc(Cl)cc1. The van der Waals surface area contributed by atoms with E-state index in [-0.39, 0.29) is 17.3 Å². The van der Waals surface area contributed by atoms with Gasteiger partial charge < -0.3 is 10.2 Å². The zero-order chi connectivity index (χ0) is 30.5. The van der Waals surface area contributed by atoms with Gasteiger partial charge >= 0.3 is 0 Å². The van der Waals surface area contributed by atoms with Crippen molar-refractivity contribution in [1.29, 1.82) is 0 Å². The molecule has 0 aliphatic heterocycles. The number of hydrogen-bond acceptors (Lipinski definition) is 4. The van der Waals surface area contributed by atoms with Crippen LogP contribution in [0.2, 0.25) is 10.0 Å². The molecule has 1 atom stereocenters. The molecular weight excluding hydrogens is 581 g/mol. The molecule has 0 aliphatic rings. The number of hydrogen-bond donors (Lipinski definition) is 1. The van der Waals surface area contributed by atoms with Crippen molar-refractivity contribution in [2.24, 2.45) is 0 Å². The Morgan fingerprint density at radius 2 is 1.44 bits per heavy atom. The Bertz CT molecular complexity index is 1490. The molecule has 0 radical (unpaired) electrons. The molecule has 0 spiro atoms. The molecule has 0 saturated carbocycles. The van der Waals surface area contributed by atoms with Gasteiger partial charge in [0.25, 0.3) is 10.0 Å². The number of amides is 2. The summed E-state index contributed by atoms with van der Waals surface area (Å²) in [6.45, 7) is 10.8. The number of rotatable bonds is 10. The van der Waals surface area contributed by atoms with Crippen molar-refractivity contribution >= 4 is 50.7 Å². The highest BCUT2D eigenvalue weighted by Crippen LogP contribution is 2.27. The summed E-state index contributed by atoms with van der Waals surface area (Å²) in [6.07, 6.45) is 0.328. The number of carbonyl (C=O) groups is 2. The van der Waals surface area contributed by atoms with E-state index in [0.29, 0.717) is 22.2 Å². The Hall–Kier alpha value is -3.07. The fourth-order valence-electron chi connectivity index (χ4n) is 4.30. The number of aryl methyl sites for hydroxylation is 2. The maximum absolute atomic E-state index is 14.1. The van der Waals surface area contributed by atoms with Crippen LogP contribution in [0.15, 0.2) is 71.6 Å². The molecule has 0 aliphatic carbocycles. The maximum atomic E-state index is 14.1. The van der Waals surface area contributed by atoms with E-state index in [4.69, 9.17) is 23.2 Å². The van der Waals surface area contributed by atoms with Gasteiger partial charge in [0.05, 0.1) is 10.6 Å². The fraction of sp³-hybridized carbons (Fsp3) is 0.355. The van der Waals surface area contributed by atoms with Crippen molar-refractivity contribution in [3.05, 3.63) is 93.5 Å². The predicted octanol–water partition coefficient (Wildman–Crippen LogP) is 6.53. The van der Waals surface area contributed by atoms with Crippen LogP contribution < -0.4 is 9.62 Å². The second-order valence-electron chi connectivity index (χ2n) is 11.0. The summed E-state index contributed by atoms with van der Waals surface area (Å²) < 4.78 is 29.0.